The Hall–Kier alpha value is -0.940. The Morgan fingerprint density at radius 3 is 3.00 bits per heavy atom. The number of nitrogens with zero attached hydrogens (tertiary/aromatic N) is 1. The predicted octanol–water partition coefficient (Wildman–Crippen LogP) is 1.96. The second-order valence-electron chi connectivity index (χ2n) is 6.10. The predicted molar refractivity (Wildman–Crippen MR) is 75.4 cm³/mol. The molecule has 4 nitrogen and oxygen atoms in total. The highest BCUT2D eigenvalue weighted by Gasteiger charge is 2.57. The number of hydrogen-bond donors (Lipinski definition) is 2. The SMILES string of the molecule is O=C(Nc1nc2c(s1)CCC2)C1CC12CCNCC2. The van der Waals surface area contributed by atoms with Crippen molar-refractivity contribution in [3.05, 3.63) is 10.6 Å². The van der Waals surface area contributed by atoms with E-state index in [1.807, 2.05) is 0 Å². The van der Waals surface area contributed by atoms with Gasteiger partial charge >= 0.3 is 0 Å². The van der Waals surface area contributed by atoms with E-state index in [-0.39, 0.29) is 11.8 Å². The Morgan fingerprint density at radius 1 is 1.37 bits per heavy atom. The highest BCUT2D eigenvalue weighted by Crippen LogP contribution is 2.58. The first-order valence-corrected chi connectivity index (χ1v) is 8.09. The number of aromatic nitrogens is 1. The van der Waals surface area contributed by atoms with Crippen molar-refractivity contribution in [2.75, 3.05) is 18.4 Å². The number of carbonyl (C=O) groups excluding carboxylic acids is 1. The van der Waals surface area contributed by atoms with Gasteiger partial charge in [-0.1, -0.05) is 0 Å². The minimum atomic E-state index is 0.203. The van der Waals surface area contributed by atoms with E-state index in [9.17, 15) is 4.79 Å². The number of rotatable bonds is 2. The number of piperidine rings is 1. The van der Waals surface area contributed by atoms with Gasteiger partial charge in [0.05, 0.1) is 5.69 Å². The van der Waals surface area contributed by atoms with Crippen LogP contribution in [0.2, 0.25) is 0 Å². The van der Waals surface area contributed by atoms with Gasteiger partial charge < -0.3 is 10.6 Å². The van der Waals surface area contributed by atoms with Crippen LogP contribution >= 0.6 is 11.3 Å². The molecule has 1 atom stereocenters. The van der Waals surface area contributed by atoms with Gasteiger partial charge in [-0.2, -0.15) is 0 Å². The Labute approximate surface area is 117 Å². The topological polar surface area (TPSA) is 54.0 Å². The fraction of sp³-hybridized carbons (Fsp3) is 0.714. The molecule has 2 N–H and O–H groups in total. The highest BCUT2D eigenvalue weighted by molar-refractivity contribution is 7.15. The first-order chi connectivity index (χ1) is 9.27. The third-order valence-electron chi connectivity index (χ3n) is 4.93. The summed E-state index contributed by atoms with van der Waals surface area (Å²) in [7, 11) is 0. The summed E-state index contributed by atoms with van der Waals surface area (Å²) < 4.78 is 0. The summed E-state index contributed by atoms with van der Waals surface area (Å²) in [6.07, 6.45) is 6.83. The van der Waals surface area contributed by atoms with Crippen LogP contribution in [0.3, 0.4) is 0 Å². The van der Waals surface area contributed by atoms with Crippen LogP contribution in [-0.2, 0) is 17.6 Å². The molecule has 1 saturated heterocycles. The van der Waals surface area contributed by atoms with E-state index in [0.29, 0.717) is 5.41 Å². The summed E-state index contributed by atoms with van der Waals surface area (Å²) in [6, 6.07) is 0. The van der Waals surface area contributed by atoms with Crippen molar-refractivity contribution in [3.63, 3.8) is 0 Å². The van der Waals surface area contributed by atoms with Crippen LogP contribution in [0.1, 0.15) is 36.3 Å². The van der Waals surface area contributed by atoms with Gasteiger partial charge in [0.2, 0.25) is 5.91 Å². The van der Waals surface area contributed by atoms with Crippen molar-refractivity contribution in [2.24, 2.45) is 11.3 Å². The molecule has 2 heterocycles. The Kier molecular flexibility index (Phi) is 2.67. The van der Waals surface area contributed by atoms with E-state index in [1.54, 1.807) is 11.3 Å². The van der Waals surface area contributed by atoms with Gasteiger partial charge in [-0.05, 0) is 57.0 Å². The van der Waals surface area contributed by atoms with Crippen LogP contribution in [0.5, 0.6) is 0 Å². The van der Waals surface area contributed by atoms with Crippen LogP contribution in [0.15, 0.2) is 0 Å². The number of fused-ring (bicyclic) bond motifs is 1. The van der Waals surface area contributed by atoms with Gasteiger partial charge in [0.15, 0.2) is 5.13 Å². The highest BCUT2D eigenvalue weighted by atomic mass is 32.1. The van der Waals surface area contributed by atoms with Gasteiger partial charge in [0.25, 0.3) is 0 Å². The zero-order chi connectivity index (χ0) is 12.9. The van der Waals surface area contributed by atoms with E-state index >= 15 is 0 Å². The molecule has 4 rings (SSSR count). The Balaban J connectivity index is 1.42. The molecular weight excluding hydrogens is 258 g/mol. The lowest BCUT2D eigenvalue weighted by Gasteiger charge is -2.23. The zero-order valence-corrected chi connectivity index (χ0v) is 11.8. The van der Waals surface area contributed by atoms with Gasteiger partial charge in [-0.3, -0.25) is 4.79 Å². The lowest BCUT2D eigenvalue weighted by molar-refractivity contribution is -0.118. The molecular formula is C14H19N3OS. The van der Waals surface area contributed by atoms with Crippen molar-refractivity contribution < 1.29 is 4.79 Å². The first kappa shape index (κ1) is 11.9. The smallest absolute Gasteiger partial charge is 0.229 e. The molecule has 0 radical (unpaired) electrons. The normalized spacial score (nSPS) is 27.3. The second kappa shape index (κ2) is 4.28. The number of nitrogens with one attached hydrogen (secondary N) is 2. The van der Waals surface area contributed by atoms with E-state index in [4.69, 9.17) is 0 Å². The number of anilines is 1. The number of aryl methyl sites for hydroxylation is 2. The number of hydrogen-bond acceptors (Lipinski definition) is 4. The van der Waals surface area contributed by atoms with Crippen molar-refractivity contribution in [1.29, 1.82) is 0 Å². The van der Waals surface area contributed by atoms with Gasteiger partial charge in [-0.15, -0.1) is 11.3 Å². The van der Waals surface area contributed by atoms with Crippen LogP contribution in [0.4, 0.5) is 5.13 Å². The fourth-order valence-electron chi connectivity index (χ4n) is 3.63. The number of thiazole rings is 1. The van der Waals surface area contributed by atoms with Crippen LogP contribution in [0, 0.1) is 11.3 Å². The molecule has 1 saturated carbocycles. The van der Waals surface area contributed by atoms with Gasteiger partial charge in [0, 0.05) is 10.8 Å². The molecule has 2 aliphatic carbocycles. The Bertz CT molecular complexity index is 497. The molecule has 5 heteroatoms. The monoisotopic (exact) mass is 277 g/mol. The summed E-state index contributed by atoms with van der Waals surface area (Å²) in [5.74, 6) is 0.433. The molecule has 19 heavy (non-hydrogen) atoms. The van der Waals surface area contributed by atoms with E-state index in [2.05, 4.69) is 15.6 Å². The van der Waals surface area contributed by atoms with Crippen molar-refractivity contribution >= 4 is 22.4 Å². The molecule has 1 aromatic rings. The van der Waals surface area contributed by atoms with E-state index in [1.165, 1.54) is 17.0 Å². The minimum Gasteiger partial charge on any atom is -0.317 e. The summed E-state index contributed by atoms with van der Waals surface area (Å²) in [4.78, 5) is 18.2. The average molecular weight is 277 g/mol. The molecule has 1 amide bonds. The molecule has 102 valence electrons. The van der Waals surface area contributed by atoms with E-state index in [0.717, 1.165) is 50.3 Å². The molecule has 1 aliphatic heterocycles. The van der Waals surface area contributed by atoms with Crippen molar-refractivity contribution in [1.82, 2.24) is 10.3 Å². The lowest BCUT2D eigenvalue weighted by atomic mass is 9.92. The molecule has 1 unspecified atom stereocenters. The van der Waals surface area contributed by atoms with Crippen LogP contribution in [0.25, 0.3) is 0 Å². The molecule has 0 bridgehead atoms. The maximum Gasteiger partial charge on any atom is 0.229 e. The molecule has 1 aromatic heterocycles. The number of amides is 1. The molecule has 3 aliphatic rings. The van der Waals surface area contributed by atoms with Crippen LogP contribution < -0.4 is 10.6 Å². The average Bonchev–Trinajstić information content (AvgIpc) is 2.74. The Morgan fingerprint density at radius 2 is 2.21 bits per heavy atom. The lowest BCUT2D eigenvalue weighted by Crippen LogP contribution is -2.31. The first-order valence-electron chi connectivity index (χ1n) is 7.27. The zero-order valence-electron chi connectivity index (χ0n) is 11.0. The van der Waals surface area contributed by atoms with Crippen molar-refractivity contribution in [3.8, 4) is 0 Å². The van der Waals surface area contributed by atoms with Crippen LogP contribution in [-0.4, -0.2) is 24.0 Å². The second-order valence-corrected chi connectivity index (χ2v) is 7.18. The summed E-state index contributed by atoms with van der Waals surface area (Å²) in [5.41, 5.74) is 1.53. The van der Waals surface area contributed by atoms with E-state index < -0.39 is 0 Å². The third-order valence-corrected chi connectivity index (χ3v) is 6.00. The molecule has 2 fully saturated rings. The maximum absolute atomic E-state index is 12.3. The molecule has 0 aromatic carbocycles. The standard InChI is InChI=1S/C14H19N3OS/c18-12(9-8-14(9)4-6-15-7-5-14)17-13-16-10-2-1-3-11(10)19-13/h9,15H,1-8H2,(H,16,17,18). The fourth-order valence-corrected chi connectivity index (χ4v) is 4.68. The summed E-state index contributed by atoms with van der Waals surface area (Å²) >= 11 is 1.68. The van der Waals surface area contributed by atoms with Gasteiger partial charge in [-0.25, -0.2) is 4.98 Å². The molecule has 1 spiro atoms. The summed E-state index contributed by atoms with van der Waals surface area (Å²) in [5, 5.41) is 7.25. The largest absolute Gasteiger partial charge is 0.317 e. The van der Waals surface area contributed by atoms with Crippen molar-refractivity contribution in [2.45, 2.75) is 38.5 Å². The minimum absolute atomic E-state index is 0.203. The third kappa shape index (κ3) is 1.99. The maximum atomic E-state index is 12.3. The quantitative estimate of drug-likeness (QED) is 0.869. The van der Waals surface area contributed by atoms with Gasteiger partial charge in [0.1, 0.15) is 0 Å². The summed E-state index contributed by atoms with van der Waals surface area (Å²) in [6.45, 7) is 2.13. The number of carbonyl (C=O) groups is 1.